The van der Waals surface area contributed by atoms with Crippen molar-refractivity contribution in [3.05, 3.63) is 60.7 Å². The van der Waals surface area contributed by atoms with Gasteiger partial charge >= 0.3 is 0 Å². The van der Waals surface area contributed by atoms with E-state index < -0.39 is 0 Å². The molecule has 0 aliphatic carbocycles. The van der Waals surface area contributed by atoms with E-state index in [4.69, 9.17) is 0 Å². The fourth-order valence-electron chi connectivity index (χ4n) is 2.33. The standard InChI is InChI=1S/C15H18N2/c1-5-8-12(6-2)15-16-13-10-7-9-11(3)14(13)17(15)4/h5-10,15-16H,1-2H2,3-4H3/b12-8+. The van der Waals surface area contributed by atoms with E-state index in [0.29, 0.717) is 0 Å². The molecule has 1 aliphatic heterocycles. The van der Waals surface area contributed by atoms with Crippen molar-refractivity contribution >= 4 is 11.4 Å². The first-order valence-electron chi connectivity index (χ1n) is 5.73. The van der Waals surface area contributed by atoms with E-state index in [2.05, 4.69) is 55.5 Å². The van der Waals surface area contributed by atoms with E-state index >= 15 is 0 Å². The number of benzene rings is 1. The number of fused-ring (bicyclic) bond motifs is 1. The number of allylic oxidation sites excluding steroid dienone is 2. The minimum absolute atomic E-state index is 0.140. The van der Waals surface area contributed by atoms with Gasteiger partial charge in [0.15, 0.2) is 0 Å². The van der Waals surface area contributed by atoms with Crippen molar-refractivity contribution in [2.45, 2.75) is 13.1 Å². The Morgan fingerprint density at radius 2 is 2.18 bits per heavy atom. The van der Waals surface area contributed by atoms with Gasteiger partial charge in [-0.2, -0.15) is 0 Å². The van der Waals surface area contributed by atoms with Crippen molar-refractivity contribution in [1.29, 1.82) is 0 Å². The lowest BCUT2D eigenvalue weighted by Gasteiger charge is -2.23. The van der Waals surface area contributed by atoms with Crippen molar-refractivity contribution in [2.24, 2.45) is 0 Å². The quantitative estimate of drug-likeness (QED) is 0.794. The molecule has 1 aromatic carbocycles. The number of likely N-dealkylation sites (N-methyl/N-ethyl adjacent to an activating group) is 1. The van der Waals surface area contributed by atoms with Gasteiger partial charge in [-0.25, -0.2) is 0 Å². The third-order valence-electron chi connectivity index (χ3n) is 3.13. The van der Waals surface area contributed by atoms with E-state index in [1.54, 1.807) is 6.08 Å². The predicted molar refractivity (Wildman–Crippen MR) is 75.5 cm³/mol. The molecule has 1 heterocycles. The maximum atomic E-state index is 3.86. The summed E-state index contributed by atoms with van der Waals surface area (Å²) in [7, 11) is 2.09. The van der Waals surface area contributed by atoms with E-state index in [9.17, 15) is 0 Å². The van der Waals surface area contributed by atoms with Gasteiger partial charge < -0.3 is 10.2 Å². The molecule has 17 heavy (non-hydrogen) atoms. The Hall–Kier alpha value is -1.96. The van der Waals surface area contributed by atoms with Crippen LogP contribution in [0.1, 0.15) is 5.56 Å². The molecule has 1 atom stereocenters. The highest BCUT2D eigenvalue weighted by molar-refractivity contribution is 5.80. The van der Waals surface area contributed by atoms with E-state index in [0.717, 1.165) is 5.57 Å². The molecule has 0 aromatic heterocycles. The number of hydrogen-bond donors (Lipinski definition) is 1. The molecule has 1 unspecified atom stereocenters. The van der Waals surface area contributed by atoms with Gasteiger partial charge in [0.1, 0.15) is 6.17 Å². The zero-order chi connectivity index (χ0) is 12.4. The van der Waals surface area contributed by atoms with Crippen LogP contribution in [0.4, 0.5) is 11.4 Å². The minimum atomic E-state index is 0.140. The first kappa shape index (κ1) is 11.5. The first-order chi connectivity index (χ1) is 8.19. The Morgan fingerprint density at radius 3 is 2.76 bits per heavy atom. The summed E-state index contributed by atoms with van der Waals surface area (Å²) in [5.41, 5.74) is 4.84. The minimum Gasteiger partial charge on any atom is -0.360 e. The number of nitrogens with zero attached hydrogens (tertiary/aromatic N) is 1. The molecule has 1 aliphatic rings. The molecular weight excluding hydrogens is 208 g/mol. The molecule has 2 rings (SSSR count). The number of para-hydroxylation sites is 1. The average Bonchev–Trinajstić information content (AvgIpc) is 2.65. The van der Waals surface area contributed by atoms with Crippen LogP contribution in [0.5, 0.6) is 0 Å². The summed E-state index contributed by atoms with van der Waals surface area (Å²) in [6.45, 7) is 9.73. The van der Waals surface area contributed by atoms with Crippen LogP contribution in [0.15, 0.2) is 55.2 Å². The molecule has 2 nitrogen and oxygen atoms in total. The van der Waals surface area contributed by atoms with Crippen LogP contribution in [0.3, 0.4) is 0 Å². The maximum absolute atomic E-state index is 3.86. The van der Waals surface area contributed by atoms with Crippen LogP contribution in [-0.2, 0) is 0 Å². The zero-order valence-electron chi connectivity index (χ0n) is 10.4. The Bertz CT molecular complexity index is 486. The molecule has 2 heteroatoms. The summed E-state index contributed by atoms with van der Waals surface area (Å²) in [5.74, 6) is 0. The van der Waals surface area contributed by atoms with E-state index in [1.807, 2.05) is 12.2 Å². The van der Waals surface area contributed by atoms with Gasteiger partial charge in [-0.1, -0.05) is 43.5 Å². The van der Waals surface area contributed by atoms with Crippen molar-refractivity contribution < 1.29 is 0 Å². The van der Waals surface area contributed by atoms with Crippen LogP contribution in [0, 0.1) is 6.92 Å². The summed E-state index contributed by atoms with van der Waals surface area (Å²) in [5, 5.41) is 3.50. The molecule has 0 bridgehead atoms. The molecule has 0 fully saturated rings. The van der Waals surface area contributed by atoms with Gasteiger partial charge in [-0.3, -0.25) is 0 Å². The highest BCUT2D eigenvalue weighted by atomic mass is 15.3. The predicted octanol–water partition coefficient (Wildman–Crippen LogP) is 3.48. The first-order valence-corrected chi connectivity index (χ1v) is 5.73. The number of nitrogens with one attached hydrogen (secondary N) is 1. The fourth-order valence-corrected chi connectivity index (χ4v) is 2.33. The van der Waals surface area contributed by atoms with Crippen LogP contribution in [0.2, 0.25) is 0 Å². The Balaban J connectivity index is 2.40. The normalized spacial score (nSPS) is 18.6. The van der Waals surface area contributed by atoms with Crippen molar-refractivity contribution in [2.75, 3.05) is 17.3 Å². The zero-order valence-corrected chi connectivity index (χ0v) is 10.4. The topological polar surface area (TPSA) is 15.3 Å². The summed E-state index contributed by atoms with van der Waals surface area (Å²) >= 11 is 0. The molecule has 0 radical (unpaired) electrons. The molecule has 0 saturated carbocycles. The monoisotopic (exact) mass is 226 g/mol. The highest BCUT2D eigenvalue weighted by Crippen LogP contribution is 2.38. The summed E-state index contributed by atoms with van der Waals surface area (Å²) < 4.78 is 0. The van der Waals surface area contributed by atoms with Gasteiger partial charge in [0.05, 0.1) is 11.4 Å². The maximum Gasteiger partial charge on any atom is 0.125 e. The van der Waals surface area contributed by atoms with E-state index in [1.165, 1.54) is 16.9 Å². The largest absolute Gasteiger partial charge is 0.360 e. The van der Waals surface area contributed by atoms with Gasteiger partial charge in [-0.05, 0) is 24.1 Å². The smallest absolute Gasteiger partial charge is 0.125 e. The second kappa shape index (κ2) is 4.50. The van der Waals surface area contributed by atoms with Crippen LogP contribution >= 0.6 is 0 Å². The second-order valence-electron chi connectivity index (χ2n) is 4.24. The van der Waals surface area contributed by atoms with Crippen LogP contribution < -0.4 is 10.2 Å². The third-order valence-corrected chi connectivity index (χ3v) is 3.13. The van der Waals surface area contributed by atoms with Crippen molar-refractivity contribution in [3.63, 3.8) is 0 Å². The molecule has 1 N–H and O–H groups in total. The average molecular weight is 226 g/mol. The molecule has 0 spiro atoms. The van der Waals surface area contributed by atoms with Gasteiger partial charge in [0.25, 0.3) is 0 Å². The Labute approximate surface area is 103 Å². The van der Waals surface area contributed by atoms with Crippen LogP contribution in [-0.4, -0.2) is 13.2 Å². The van der Waals surface area contributed by atoms with Gasteiger partial charge in [0.2, 0.25) is 0 Å². The lowest BCUT2D eigenvalue weighted by molar-refractivity contribution is 0.847. The molecule has 1 aromatic rings. The van der Waals surface area contributed by atoms with Crippen LogP contribution in [0.25, 0.3) is 0 Å². The second-order valence-corrected chi connectivity index (χ2v) is 4.24. The number of aryl methyl sites for hydroxylation is 1. The molecular formula is C15H18N2. The Kier molecular flexibility index (Phi) is 3.05. The van der Waals surface area contributed by atoms with Crippen molar-refractivity contribution in [1.82, 2.24) is 0 Å². The fraction of sp³-hybridized carbons (Fsp3) is 0.200. The molecule has 88 valence electrons. The number of anilines is 2. The molecule has 0 saturated heterocycles. The number of rotatable bonds is 3. The van der Waals surface area contributed by atoms with Gasteiger partial charge in [-0.15, -0.1) is 0 Å². The van der Waals surface area contributed by atoms with E-state index in [-0.39, 0.29) is 6.17 Å². The number of hydrogen-bond acceptors (Lipinski definition) is 2. The lowest BCUT2D eigenvalue weighted by atomic mass is 10.1. The Morgan fingerprint density at radius 1 is 1.41 bits per heavy atom. The summed E-state index contributed by atoms with van der Waals surface area (Å²) in [6, 6.07) is 6.31. The van der Waals surface area contributed by atoms with Gasteiger partial charge in [0, 0.05) is 7.05 Å². The molecule has 0 amide bonds. The SMILES string of the molecule is C=C/C=C(\C=C)C1Nc2cccc(C)c2N1C. The third kappa shape index (κ3) is 1.86. The highest BCUT2D eigenvalue weighted by Gasteiger charge is 2.28. The summed E-state index contributed by atoms with van der Waals surface area (Å²) in [4.78, 5) is 2.24. The lowest BCUT2D eigenvalue weighted by Crippen LogP contribution is -2.33. The summed E-state index contributed by atoms with van der Waals surface area (Å²) in [6.07, 6.45) is 5.79. The van der Waals surface area contributed by atoms with Crippen molar-refractivity contribution in [3.8, 4) is 0 Å².